The molecule has 0 aromatic carbocycles. The lowest BCUT2D eigenvalue weighted by atomic mass is 10.2. The summed E-state index contributed by atoms with van der Waals surface area (Å²) in [7, 11) is 10.1. The minimum atomic E-state index is 0.393. The van der Waals surface area contributed by atoms with Crippen LogP contribution in [0.25, 0.3) is 0 Å². The third-order valence-corrected chi connectivity index (χ3v) is 5.90. The molecule has 0 radical (unpaired) electrons. The first kappa shape index (κ1) is 13.4. The number of nitrogens with zero attached hydrogens (tertiary/aromatic N) is 3. The smallest absolute Gasteiger partial charge is 0.262 e. The van der Waals surface area contributed by atoms with Gasteiger partial charge < -0.3 is 0 Å². The van der Waals surface area contributed by atoms with Crippen molar-refractivity contribution in [2.24, 2.45) is 0 Å². The second kappa shape index (κ2) is 6.20. The number of hydrogen-bond donors (Lipinski definition) is 1. The Morgan fingerprint density at radius 3 is 2.41 bits per heavy atom. The molecular formula is C11H23N4S2+. The van der Waals surface area contributed by atoms with Crippen LogP contribution in [-0.4, -0.2) is 59.5 Å². The lowest BCUT2D eigenvalue weighted by Crippen LogP contribution is -2.44. The fourth-order valence-corrected chi connectivity index (χ4v) is 4.74. The second-order valence-electron chi connectivity index (χ2n) is 4.84. The Kier molecular flexibility index (Phi) is 4.87. The molecule has 4 nitrogen and oxygen atoms in total. The van der Waals surface area contributed by atoms with E-state index >= 15 is 0 Å². The largest absolute Gasteiger partial charge is 0.342 e. The summed E-state index contributed by atoms with van der Waals surface area (Å²) >= 11 is 0. The van der Waals surface area contributed by atoms with Gasteiger partial charge in [-0.05, 0) is 37.7 Å². The maximum Gasteiger partial charge on any atom is 0.342 e. The zero-order chi connectivity index (χ0) is 12.3. The summed E-state index contributed by atoms with van der Waals surface area (Å²) < 4.78 is 2.31. The molecule has 0 bridgehead atoms. The fourth-order valence-electron chi connectivity index (χ4n) is 2.09. The SMILES string of the molecule is CN(C)C1NC(=[N+](C)N2CCCCCC2)SS1. The molecule has 1 atom stereocenters. The first-order chi connectivity index (χ1) is 8.18. The number of nitrogens with one attached hydrogen (secondary N) is 1. The third kappa shape index (κ3) is 3.45. The van der Waals surface area contributed by atoms with Crippen LogP contribution in [0.2, 0.25) is 0 Å². The molecule has 0 amide bonds. The first-order valence-electron chi connectivity index (χ1n) is 6.30. The van der Waals surface area contributed by atoms with Gasteiger partial charge in [-0.15, -0.1) is 0 Å². The van der Waals surface area contributed by atoms with E-state index in [1.54, 1.807) is 0 Å². The molecule has 17 heavy (non-hydrogen) atoms. The van der Waals surface area contributed by atoms with E-state index < -0.39 is 0 Å². The average molecular weight is 275 g/mol. The van der Waals surface area contributed by atoms with Crippen LogP contribution < -0.4 is 5.32 Å². The van der Waals surface area contributed by atoms with E-state index in [-0.39, 0.29) is 0 Å². The van der Waals surface area contributed by atoms with Crippen LogP contribution in [0, 0.1) is 0 Å². The van der Waals surface area contributed by atoms with Gasteiger partial charge in [0, 0.05) is 10.8 Å². The van der Waals surface area contributed by atoms with E-state index in [0.29, 0.717) is 5.50 Å². The summed E-state index contributed by atoms with van der Waals surface area (Å²) in [6, 6.07) is 0. The van der Waals surface area contributed by atoms with Crippen molar-refractivity contribution in [3.8, 4) is 0 Å². The maximum absolute atomic E-state index is 3.56. The zero-order valence-corrected chi connectivity index (χ0v) is 12.6. The highest BCUT2D eigenvalue weighted by Gasteiger charge is 2.32. The second-order valence-corrected chi connectivity index (χ2v) is 7.11. The van der Waals surface area contributed by atoms with Gasteiger partial charge in [0.2, 0.25) is 5.50 Å². The Morgan fingerprint density at radius 1 is 1.24 bits per heavy atom. The predicted molar refractivity (Wildman–Crippen MR) is 77.0 cm³/mol. The van der Waals surface area contributed by atoms with Crippen molar-refractivity contribution in [1.29, 1.82) is 0 Å². The monoisotopic (exact) mass is 275 g/mol. The molecule has 2 rings (SSSR count). The van der Waals surface area contributed by atoms with Crippen molar-refractivity contribution in [3.05, 3.63) is 0 Å². The Bertz CT molecular complexity index is 285. The molecule has 1 unspecified atom stereocenters. The van der Waals surface area contributed by atoms with E-state index in [1.807, 2.05) is 21.6 Å². The summed E-state index contributed by atoms with van der Waals surface area (Å²) in [5, 5.41) is 7.31. The molecule has 2 aliphatic rings. The highest BCUT2D eigenvalue weighted by molar-refractivity contribution is 8.83. The van der Waals surface area contributed by atoms with Crippen LogP contribution in [0.15, 0.2) is 0 Å². The van der Waals surface area contributed by atoms with Gasteiger partial charge in [-0.25, -0.2) is 10.3 Å². The van der Waals surface area contributed by atoms with Crippen molar-refractivity contribution >= 4 is 26.8 Å². The Balaban J connectivity index is 1.99. The Hall–Kier alpha value is -0.0700. The zero-order valence-electron chi connectivity index (χ0n) is 11.0. The highest BCUT2D eigenvalue weighted by atomic mass is 33.1. The van der Waals surface area contributed by atoms with E-state index in [1.165, 1.54) is 43.9 Å². The van der Waals surface area contributed by atoms with Gasteiger partial charge in [0.15, 0.2) is 0 Å². The molecule has 0 aromatic rings. The Morgan fingerprint density at radius 2 is 1.88 bits per heavy atom. The number of hydrazine groups is 1. The van der Waals surface area contributed by atoms with Gasteiger partial charge in [-0.1, -0.05) is 12.8 Å². The molecule has 0 saturated carbocycles. The van der Waals surface area contributed by atoms with Crippen LogP contribution in [0.4, 0.5) is 0 Å². The summed E-state index contributed by atoms with van der Waals surface area (Å²) in [5.41, 5.74) is 0.393. The molecule has 2 saturated heterocycles. The van der Waals surface area contributed by atoms with E-state index in [9.17, 15) is 0 Å². The lowest BCUT2D eigenvalue weighted by Gasteiger charge is -2.21. The van der Waals surface area contributed by atoms with Gasteiger partial charge in [-0.2, -0.15) is 4.68 Å². The number of amidine groups is 1. The van der Waals surface area contributed by atoms with Gasteiger partial charge in [-0.3, -0.25) is 4.90 Å². The summed E-state index contributed by atoms with van der Waals surface area (Å²) in [6.45, 7) is 2.39. The lowest BCUT2D eigenvalue weighted by molar-refractivity contribution is -0.667. The van der Waals surface area contributed by atoms with Gasteiger partial charge in [0.05, 0.1) is 13.1 Å². The fraction of sp³-hybridized carbons (Fsp3) is 0.909. The van der Waals surface area contributed by atoms with Crippen molar-refractivity contribution < 1.29 is 4.68 Å². The van der Waals surface area contributed by atoms with Crippen molar-refractivity contribution in [2.75, 3.05) is 34.2 Å². The number of hydrazone groups is 1. The Labute approximate surface area is 112 Å². The topological polar surface area (TPSA) is 21.5 Å². The molecule has 6 heteroatoms. The van der Waals surface area contributed by atoms with Crippen LogP contribution in [0.3, 0.4) is 0 Å². The molecule has 2 fully saturated rings. The van der Waals surface area contributed by atoms with Crippen LogP contribution in [0.1, 0.15) is 25.7 Å². The molecule has 2 heterocycles. The van der Waals surface area contributed by atoms with Gasteiger partial charge in [0.1, 0.15) is 7.05 Å². The minimum absolute atomic E-state index is 0.393. The predicted octanol–water partition coefficient (Wildman–Crippen LogP) is 1.61. The molecule has 2 aliphatic heterocycles. The standard InChI is InChI=1S/C11H22N4S2/c1-13(2)10-12-11(17-16-10)14(3)15-8-6-4-5-7-9-15/h10H,4-9H2,1-3H3/p+1. The quantitative estimate of drug-likeness (QED) is 0.609. The van der Waals surface area contributed by atoms with E-state index in [4.69, 9.17) is 0 Å². The van der Waals surface area contributed by atoms with Crippen molar-refractivity contribution in [1.82, 2.24) is 15.2 Å². The van der Waals surface area contributed by atoms with Gasteiger partial charge in [0.25, 0.3) is 0 Å². The molecular weight excluding hydrogens is 252 g/mol. The molecule has 0 aliphatic carbocycles. The first-order valence-corrected chi connectivity index (χ1v) is 8.51. The minimum Gasteiger partial charge on any atom is -0.262 e. The number of rotatable bonds is 2. The molecule has 0 spiro atoms. The molecule has 1 N–H and O–H groups in total. The molecule has 98 valence electrons. The van der Waals surface area contributed by atoms with Crippen LogP contribution in [0.5, 0.6) is 0 Å². The highest BCUT2D eigenvalue weighted by Crippen LogP contribution is 2.33. The summed E-state index contributed by atoms with van der Waals surface area (Å²) in [6.07, 6.45) is 5.42. The van der Waals surface area contributed by atoms with Crippen LogP contribution in [-0.2, 0) is 0 Å². The van der Waals surface area contributed by atoms with E-state index in [2.05, 4.69) is 41.1 Å². The number of hydrogen-bond acceptors (Lipinski definition) is 4. The average Bonchev–Trinajstić information content (AvgIpc) is 2.65. The maximum atomic E-state index is 3.56. The summed E-state index contributed by atoms with van der Waals surface area (Å²) in [5.74, 6) is 0. The van der Waals surface area contributed by atoms with E-state index in [0.717, 1.165) is 0 Å². The van der Waals surface area contributed by atoms with Crippen LogP contribution >= 0.6 is 21.6 Å². The third-order valence-electron chi connectivity index (χ3n) is 3.23. The normalized spacial score (nSPS) is 29.2. The van der Waals surface area contributed by atoms with Crippen molar-refractivity contribution in [2.45, 2.75) is 31.2 Å². The summed E-state index contributed by atoms with van der Waals surface area (Å²) in [4.78, 5) is 2.21. The van der Waals surface area contributed by atoms with Crippen molar-refractivity contribution in [3.63, 3.8) is 0 Å². The molecule has 0 aromatic heterocycles. The van der Waals surface area contributed by atoms with Gasteiger partial charge >= 0.3 is 5.17 Å².